The van der Waals surface area contributed by atoms with Crippen molar-refractivity contribution in [1.29, 1.82) is 0 Å². The van der Waals surface area contributed by atoms with E-state index in [2.05, 4.69) is 12.1 Å². The summed E-state index contributed by atoms with van der Waals surface area (Å²) in [7, 11) is 0. The molecule has 0 aliphatic heterocycles. The Kier molecular flexibility index (Phi) is 3.80. The Balaban J connectivity index is 2.05. The van der Waals surface area contributed by atoms with Gasteiger partial charge in [0.05, 0.1) is 0 Å². The number of hydrogen-bond donors (Lipinski definition) is 1. The first kappa shape index (κ1) is 14.5. The van der Waals surface area contributed by atoms with Crippen LogP contribution in [-0.4, -0.2) is 5.91 Å². The molecule has 112 valence electrons. The van der Waals surface area contributed by atoms with Crippen molar-refractivity contribution in [2.24, 2.45) is 5.73 Å². The van der Waals surface area contributed by atoms with Crippen LogP contribution in [0.2, 0.25) is 0 Å². The third kappa shape index (κ3) is 2.67. The molecular formula is C19H18FNO. The van der Waals surface area contributed by atoms with Crippen LogP contribution in [0.25, 0.3) is 5.57 Å². The maximum Gasteiger partial charge on any atom is 0.218 e. The minimum absolute atomic E-state index is 0.0354. The van der Waals surface area contributed by atoms with Gasteiger partial charge in [0.25, 0.3) is 0 Å². The minimum atomic E-state index is -0.333. The molecule has 0 fully saturated rings. The van der Waals surface area contributed by atoms with E-state index in [4.69, 9.17) is 5.73 Å². The third-order valence-corrected chi connectivity index (χ3v) is 4.34. The second-order valence-electron chi connectivity index (χ2n) is 5.78. The maximum atomic E-state index is 13.7. The molecule has 0 saturated heterocycles. The smallest absolute Gasteiger partial charge is 0.218 e. The van der Waals surface area contributed by atoms with Gasteiger partial charge in [-0.1, -0.05) is 42.0 Å². The molecule has 2 N–H and O–H groups in total. The van der Waals surface area contributed by atoms with E-state index in [1.807, 2.05) is 25.1 Å². The van der Waals surface area contributed by atoms with E-state index in [1.54, 1.807) is 12.1 Å². The number of carbonyl (C=O) groups excluding carboxylic acids is 1. The number of hydrogen-bond acceptors (Lipinski definition) is 1. The van der Waals surface area contributed by atoms with Gasteiger partial charge in [-0.3, -0.25) is 4.79 Å². The summed E-state index contributed by atoms with van der Waals surface area (Å²) in [6.45, 7) is 2.02. The van der Waals surface area contributed by atoms with E-state index < -0.39 is 0 Å². The lowest BCUT2D eigenvalue weighted by Gasteiger charge is -2.11. The van der Waals surface area contributed by atoms with Gasteiger partial charge in [0.15, 0.2) is 0 Å². The number of benzene rings is 2. The Morgan fingerprint density at radius 3 is 2.59 bits per heavy atom. The first-order valence-corrected chi connectivity index (χ1v) is 7.38. The van der Waals surface area contributed by atoms with E-state index in [0.717, 1.165) is 28.7 Å². The molecule has 3 heteroatoms. The molecule has 1 unspecified atom stereocenters. The highest BCUT2D eigenvalue weighted by Gasteiger charge is 2.29. The van der Waals surface area contributed by atoms with E-state index in [0.29, 0.717) is 0 Å². The molecule has 1 amide bonds. The highest BCUT2D eigenvalue weighted by atomic mass is 19.1. The number of allylic oxidation sites excluding steroid dienone is 2. The number of rotatable bonds is 4. The highest BCUT2D eigenvalue weighted by molar-refractivity contribution is 5.83. The average Bonchev–Trinajstić information content (AvgIpc) is 2.73. The number of carbonyl (C=O) groups is 1. The standard InChI is InChI=1S/C19H18FNO/c1-12-16(9-13-5-3-2-4-6-13)18-10-14(20)7-8-15(18)17(12)11-19(21)22/h2-8,10,17H,9,11H2,1H3,(H2,21,22). The van der Waals surface area contributed by atoms with Crippen LogP contribution in [0.1, 0.15) is 36.0 Å². The summed E-state index contributed by atoms with van der Waals surface area (Å²) in [6.07, 6.45) is 1.00. The Labute approximate surface area is 129 Å². The van der Waals surface area contributed by atoms with Gasteiger partial charge in [-0.25, -0.2) is 4.39 Å². The van der Waals surface area contributed by atoms with Crippen LogP contribution in [0.5, 0.6) is 0 Å². The van der Waals surface area contributed by atoms with Crippen molar-refractivity contribution in [2.75, 3.05) is 0 Å². The Bertz CT molecular complexity index is 749. The summed E-state index contributed by atoms with van der Waals surface area (Å²) >= 11 is 0. The van der Waals surface area contributed by atoms with E-state index >= 15 is 0 Å². The topological polar surface area (TPSA) is 43.1 Å². The van der Waals surface area contributed by atoms with Gasteiger partial charge in [-0.2, -0.15) is 0 Å². The molecule has 2 aromatic rings. The maximum absolute atomic E-state index is 13.7. The summed E-state index contributed by atoms with van der Waals surface area (Å²) in [6, 6.07) is 14.9. The van der Waals surface area contributed by atoms with E-state index in [-0.39, 0.29) is 24.1 Å². The Morgan fingerprint density at radius 1 is 1.18 bits per heavy atom. The van der Waals surface area contributed by atoms with Crippen molar-refractivity contribution in [3.8, 4) is 0 Å². The quantitative estimate of drug-likeness (QED) is 0.915. The SMILES string of the molecule is CC1=C(Cc2ccccc2)c2cc(F)ccc2C1CC(N)=O. The number of amides is 1. The molecule has 1 aliphatic rings. The van der Waals surface area contributed by atoms with Gasteiger partial charge in [-0.15, -0.1) is 0 Å². The fraction of sp³-hybridized carbons (Fsp3) is 0.211. The van der Waals surface area contributed by atoms with Crippen molar-refractivity contribution in [3.63, 3.8) is 0 Å². The lowest BCUT2D eigenvalue weighted by molar-refractivity contribution is -0.118. The second-order valence-corrected chi connectivity index (χ2v) is 5.78. The molecule has 0 saturated carbocycles. The molecule has 0 heterocycles. The van der Waals surface area contributed by atoms with Crippen LogP contribution in [0.15, 0.2) is 54.1 Å². The van der Waals surface area contributed by atoms with Crippen molar-refractivity contribution in [2.45, 2.75) is 25.7 Å². The Hall–Kier alpha value is -2.42. The van der Waals surface area contributed by atoms with Crippen LogP contribution in [-0.2, 0) is 11.2 Å². The van der Waals surface area contributed by atoms with Gasteiger partial charge >= 0.3 is 0 Å². The largest absolute Gasteiger partial charge is 0.370 e. The molecule has 0 spiro atoms. The van der Waals surface area contributed by atoms with Gasteiger partial charge in [-0.05, 0) is 47.7 Å². The Morgan fingerprint density at radius 2 is 1.91 bits per heavy atom. The molecule has 0 aromatic heterocycles. The lowest BCUT2D eigenvalue weighted by atomic mass is 9.93. The van der Waals surface area contributed by atoms with Gasteiger partial charge in [0, 0.05) is 12.3 Å². The van der Waals surface area contributed by atoms with Crippen LogP contribution in [0.3, 0.4) is 0 Å². The normalized spacial score (nSPS) is 16.7. The molecule has 2 aromatic carbocycles. The monoisotopic (exact) mass is 295 g/mol. The zero-order chi connectivity index (χ0) is 15.7. The molecule has 22 heavy (non-hydrogen) atoms. The fourth-order valence-corrected chi connectivity index (χ4v) is 3.25. The molecular weight excluding hydrogens is 277 g/mol. The van der Waals surface area contributed by atoms with Crippen molar-refractivity contribution >= 4 is 11.5 Å². The zero-order valence-electron chi connectivity index (χ0n) is 12.5. The van der Waals surface area contributed by atoms with Gasteiger partial charge < -0.3 is 5.73 Å². The zero-order valence-corrected chi connectivity index (χ0v) is 12.5. The van der Waals surface area contributed by atoms with Crippen molar-refractivity contribution in [3.05, 3.63) is 76.6 Å². The summed E-state index contributed by atoms with van der Waals surface area (Å²) in [5.41, 5.74) is 10.7. The summed E-state index contributed by atoms with van der Waals surface area (Å²) in [5.74, 6) is -0.621. The van der Waals surface area contributed by atoms with Gasteiger partial charge in [0.2, 0.25) is 5.91 Å². The average molecular weight is 295 g/mol. The second kappa shape index (κ2) is 5.76. The van der Waals surface area contributed by atoms with Crippen LogP contribution < -0.4 is 5.73 Å². The first-order valence-electron chi connectivity index (χ1n) is 7.38. The van der Waals surface area contributed by atoms with Crippen molar-refractivity contribution < 1.29 is 9.18 Å². The molecule has 0 radical (unpaired) electrons. The number of nitrogens with two attached hydrogens (primary N) is 1. The molecule has 1 aliphatic carbocycles. The molecule has 1 atom stereocenters. The summed E-state index contributed by atoms with van der Waals surface area (Å²) < 4.78 is 13.7. The van der Waals surface area contributed by atoms with Crippen LogP contribution in [0.4, 0.5) is 4.39 Å². The first-order chi connectivity index (χ1) is 10.6. The number of fused-ring (bicyclic) bond motifs is 1. The number of halogens is 1. The van der Waals surface area contributed by atoms with Crippen molar-refractivity contribution in [1.82, 2.24) is 0 Å². The third-order valence-electron chi connectivity index (χ3n) is 4.34. The van der Waals surface area contributed by atoms with E-state index in [9.17, 15) is 9.18 Å². The summed E-state index contributed by atoms with van der Waals surface area (Å²) in [4.78, 5) is 11.4. The lowest BCUT2D eigenvalue weighted by Crippen LogP contribution is -2.15. The number of primary amides is 1. The molecule has 0 bridgehead atoms. The summed E-state index contributed by atoms with van der Waals surface area (Å²) in [5, 5.41) is 0. The van der Waals surface area contributed by atoms with Crippen LogP contribution >= 0.6 is 0 Å². The molecule has 2 nitrogen and oxygen atoms in total. The predicted octanol–water partition coefficient (Wildman–Crippen LogP) is 3.81. The van der Waals surface area contributed by atoms with Gasteiger partial charge in [0.1, 0.15) is 5.82 Å². The molecule has 3 rings (SSSR count). The minimum Gasteiger partial charge on any atom is -0.370 e. The predicted molar refractivity (Wildman–Crippen MR) is 85.7 cm³/mol. The van der Waals surface area contributed by atoms with E-state index in [1.165, 1.54) is 11.6 Å². The highest BCUT2D eigenvalue weighted by Crippen LogP contribution is 2.44. The fourth-order valence-electron chi connectivity index (χ4n) is 3.25. The van der Waals surface area contributed by atoms with Crippen LogP contribution in [0, 0.1) is 5.82 Å².